The van der Waals surface area contributed by atoms with Crippen LogP contribution >= 0.6 is 0 Å². The highest BCUT2D eigenvalue weighted by Crippen LogP contribution is 2.33. The summed E-state index contributed by atoms with van der Waals surface area (Å²) in [5, 5.41) is 2.83. The van der Waals surface area contributed by atoms with Crippen LogP contribution in [-0.4, -0.2) is 19.4 Å². The topological polar surface area (TPSA) is 64.3 Å². The summed E-state index contributed by atoms with van der Waals surface area (Å²) in [6.07, 6.45) is 3.49. The van der Waals surface area contributed by atoms with Crippen molar-refractivity contribution in [3.63, 3.8) is 0 Å². The Hall–Kier alpha value is -5.11. The Bertz CT molecular complexity index is 1720. The molecule has 8 heteroatoms. The third kappa shape index (κ3) is 4.79. The average Bonchev–Trinajstić information content (AvgIpc) is 3.34. The molecule has 0 aliphatic heterocycles. The molecule has 6 nitrogen and oxygen atoms in total. The fourth-order valence-corrected chi connectivity index (χ4v) is 4.15. The molecule has 0 spiro atoms. The molecule has 0 radical (unpaired) electrons. The summed E-state index contributed by atoms with van der Waals surface area (Å²) < 4.78 is 35.4. The molecule has 0 amide bonds. The monoisotopic (exact) mass is 505 g/mol. The zero-order valence-corrected chi connectivity index (χ0v) is 20.1. The van der Waals surface area contributed by atoms with Crippen molar-refractivity contribution < 1.29 is 13.5 Å². The van der Waals surface area contributed by atoms with Gasteiger partial charge in [0, 0.05) is 24.0 Å². The summed E-state index contributed by atoms with van der Waals surface area (Å²) in [5.74, 6) is -0.467. The molecule has 3 aromatic carbocycles. The van der Waals surface area contributed by atoms with Crippen LogP contribution in [0.1, 0.15) is 5.56 Å². The third-order valence-electron chi connectivity index (χ3n) is 5.98. The van der Waals surface area contributed by atoms with E-state index in [0.717, 1.165) is 40.0 Å². The second kappa shape index (κ2) is 10.1. The number of hydrogen-bond acceptors (Lipinski definition) is 5. The van der Waals surface area contributed by atoms with Gasteiger partial charge in [0.15, 0.2) is 0 Å². The van der Waals surface area contributed by atoms with Crippen LogP contribution < -0.4 is 10.1 Å². The van der Waals surface area contributed by atoms with Crippen LogP contribution in [0.15, 0.2) is 109 Å². The molecule has 0 aliphatic rings. The first-order chi connectivity index (χ1) is 18.6. The number of rotatable bonds is 7. The van der Waals surface area contributed by atoms with Crippen LogP contribution in [0, 0.1) is 11.6 Å². The lowest BCUT2D eigenvalue weighted by atomic mass is 10.1. The lowest BCUT2D eigenvalue weighted by Crippen LogP contribution is -2.01. The Morgan fingerprint density at radius 3 is 2.45 bits per heavy atom. The van der Waals surface area contributed by atoms with E-state index in [9.17, 15) is 8.78 Å². The van der Waals surface area contributed by atoms with E-state index in [1.54, 1.807) is 12.3 Å². The molecule has 6 rings (SSSR count). The lowest BCUT2D eigenvalue weighted by Gasteiger charge is -2.10. The van der Waals surface area contributed by atoms with Gasteiger partial charge in [-0.05, 0) is 60.2 Å². The van der Waals surface area contributed by atoms with E-state index < -0.39 is 11.6 Å². The lowest BCUT2D eigenvalue weighted by molar-refractivity contribution is 0.306. The van der Waals surface area contributed by atoms with Crippen molar-refractivity contribution >= 4 is 17.3 Å². The Morgan fingerprint density at radius 2 is 1.63 bits per heavy atom. The predicted molar refractivity (Wildman–Crippen MR) is 142 cm³/mol. The van der Waals surface area contributed by atoms with Gasteiger partial charge in [0.2, 0.25) is 5.95 Å². The fourth-order valence-electron chi connectivity index (χ4n) is 4.15. The normalized spacial score (nSPS) is 11.0. The largest absolute Gasteiger partial charge is 0.489 e. The van der Waals surface area contributed by atoms with Gasteiger partial charge in [-0.2, -0.15) is 0 Å². The molecule has 0 aliphatic carbocycles. The molecule has 38 heavy (non-hydrogen) atoms. The molecular formula is C30H21F2N5O. The van der Waals surface area contributed by atoms with Crippen LogP contribution in [0.3, 0.4) is 0 Å². The maximum absolute atomic E-state index is 14.2. The molecule has 6 aromatic rings. The molecule has 0 saturated heterocycles. The molecule has 0 saturated carbocycles. The Labute approximate surface area is 217 Å². The molecule has 0 fully saturated rings. The molecular weight excluding hydrogens is 484 g/mol. The first kappa shape index (κ1) is 23.3. The highest BCUT2D eigenvalue weighted by Gasteiger charge is 2.18. The predicted octanol–water partition coefficient (Wildman–Crippen LogP) is 7.06. The van der Waals surface area contributed by atoms with Gasteiger partial charge in [-0.3, -0.25) is 4.40 Å². The number of benzene rings is 3. The Balaban J connectivity index is 1.34. The van der Waals surface area contributed by atoms with Gasteiger partial charge in [0.05, 0.1) is 22.8 Å². The molecule has 0 atom stereocenters. The smallest absolute Gasteiger partial charge is 0.227 e. The van der Waals surface area contributed by atoms with Gasteiger partial charge >= 0.3 is 0 Å². The first-order valence-corrected chi connectivity index (χ1v) is 11.9. The third-order valence-corrected chi connectivity index (χ3v) is 5.98. The number of pyridine rings is 1. The standard InChI is InChI=1S/C30H21F2N5O/c31-22-11-14-25(24(32)18-22)34-30-33-16-15-26(35-30)29-28(36-27-8-4-5-17-37(27)29)21-9-12-23(13-10-21)38-19-20-6-2-1-3-7-20/h1-18H,19H2,(H,33,34,35). The van der Waals surface area contributed by atoms with Gasteiger partial charge in [-0.1, -0.05) is 36.4 Å². The van der Waals surface area contributed by atoms with Gasteiger partial charge in [-0.15, -0.1) is 0 Å². The van der Waals surface area contributed by atoms with Gasteiger partial charge in [0.25, 0.3) is 0 Å². The minimum absolute atomic E-state index is 0.0769. The van der Waals surface area contributed by atoms with E-state index in [-0.39, 0.29) is 11.6 Å². The van der Waals surface area contributed by atoms with Crippen molar-refractivity contribution in [2.75, 3.05) is 5.32 Å². The van der Waals surface area contributed by atoms with E-state index in [4.69, 9.17) is 9.72 Å². The van der Waals surface area contributed by atoms with Crippen LogP contribution in [-0.2, 0) is 6.61 Å². The number of anilines is 2. The number of imidazole rings is 1. The summed E-state index contributed by atoms with van der Waals surface area (Å²) in [4.78, 5) is 13.7. The van der Waals surface area contributed by atoms with Crippen molar-refractivity contribution in [3.05, 3.63) is 127 Å². The summed E-state index contributed by atoms with van der Waals surface area (Å²) in [7, 11) is 0. The van der Waals surface area contributed by atoms with Gasteiger partial charge < -0.3 is 10.1 Å². The van der Waals surface area contributed by atoms with Crippen molar-refractivity contribution in [1.82, 2.24) is 19.4 Å². The Morgan fingerprint density at radius 1 is 0.816 bits per heavy atom. The SMILES string of the molecule is Fc1ccc(Nc2nccc(-c3c(-c4ccc(OCc5ccccc5)cc4)nc4ccccn34)n2)c(F)c1. The molecule has 186 valence electrons. The van der Waals surface area contributed by atoms with Crippen molar-refractivity contribution in [2.45, 2.75) is 6.61 Å². The van der Waals surface area contributed by atoms with Crippen molar-refractivity contribution in [2.24, 2.45) is 0 Å². The van der Waals surface area contributed by atoms with Gasteiger partial charge in [0.1, 0.15) is 29.6 Å². The Kier molecular flexibility index (Phi) is 6.19. The maximum Gasteiger partial charge on any atom is 0.227 e. The van der Waals surface area contributed by atoms with Crippen LogP contribution in [0.4, 0.5) is 20.4 Å². The summed E-state index contributed by atoms with van der Waals surface area (Å²) >= 11 is 0. The van der Waals surface area contributed by atoms with E-state index in [2.05, 4.69) is 15.3 Å². The van der Waals surface area contributed by atoms with Gasteiger partial charge in [-0.25, -0.2) is 23.7 Å². The van der Waals surface area contributed by atoms with Crippen molar-refractivity contribution in [3.8, 4) is 28.4 Å². The van der Waals surface area contributed by atoms with Crippen LogP contribution in [0.5, 0.6) is 5.75 Å². The van der Waals surface area contributed by atoms with E-state index in [1.807, 2.05) is 83.4 Å². The van der Waals surface area contributed by atoms with Crippen molar-refractivity contribution in [1.29, 1.82) is 0 Å². The minimum atomic E-state index is -0.732. The fraction of sp³-hybridized carbons (Fsp3) is 0.0333. The van der Waals surface area contributed by atoms with E-state index in [0.29, 0.717) is 12.3 Å². The minimum Gasteiger partial charge on any atom is -0.489 e. The maximum atomic E-state index is 14.2. The van der Waals surface area contributed by atoms with Crippen LogP contribution in [0.25, 0.3) is 28.3 Å². The highest BCUT2D eigenvalue weighted by molar-refractivity contribution is 5.81. The number of nitrogens with zero attached hydrogens (tertiary/aromatic N) is 4. The zero-order chi connectivity index (χ0) is 25.9. The molecule has 0 unspecified atom stereocenters. The van der Waals surface area contributed by atoms with E-state index in [1.165, 1.54) is 12.1 Å². The molecule has 0 bridgehead atoms. The molecule has 1 N–H and O–H groups in total. The second-order valence-electron chi connectivity index (χ2n) is 8.55. The first-order valence-electron chi connectivity index (χ1n) is 11.9. The number of ether oxygens (including phenoxy) is 1. The number of aromatic nitrogens is 4. The number of halogens is 2. The van der Waals surface area contributed by atoms with E-state index >= 15 is 0 Å². The number of fused-ring (bicyclic) bond motifs is 1. The number of nitrogens with one attached hydrogen (secondary N) is 1. The summed E-state index contributed by atoms with van der Waals surface area (Å²) in [5.41, 5.74) is 4.86. The molecule has 3 aromatic heterocycles. The summed E-state index contributed by atoms with van der Waals surface area (Å²) in [6.45, 7) is 0.477. The summed E-state index contributed by atoms with van der Waals surface area (Å²) in [6, 6.07) is 28.5. The average molecular weight is 506 g/mol. The highest BCUT2D eigenvalue weighted by atomic mass is 19.1. The second-order valence-corrected chi connectivity index (χ2v) is 8.55. The molecule has 3 heterocycles. The van der Waals surface area contributed by atoms with Crippen LogP contribution in [0.2, 0.25) is 0 Å². The number of hydrogen-bond donors (Lipinski definition) is 1. The zero-order valence-electron chi connectivity index (χ0n) is 20.1. The quantitative estimate of drug-likeness (QED) is 0.252.